The number of methoxy groups -OCH3 is 1. The highest BCUT2D eigenvalue weighted by molar-refractivity contribution is 7.90. The van der Waals surface area contributed by atoms with Crippen molar-refractivity contribution in [2.45, 2.75) is 24.8 Å². The van der Waals surface area contributed by atoms with Gasteiger partial charge >= 0.3 is 5.16 Å². The third kappa shape index (κ3) is 2.67. The van der Waals surface area contributed by atoms with Crippen LogP contribution in [0.25, 0.3) is 11.0 Å². The van der Waals surface area contributed by atoms with Gasteiger partial charge in [-0.1, -0.05) is 6.07 Å². The fourth-order valence-corrected chi connectivity index (χ4v) is 3.49. The molecule has 0 amide bonds. The Morgan fingerprint density at radius 2 is 2.23 bits per heavy atom. The molecule has 0 saturated heterocycles. The van der Waals surface area contributed by atoms with Crippen molar-refractivity contribution in [1.29, 1.82) is 0 Å². The number of H-pyrrole nitrogens is 1. The van der Waals surface area contributed by atoms with Crippen LogP contribution in [0.2, 0.25) is 0 Å². The molecule has 2 aromatic heterocycles. The molecule has 1 atom stereocenters. The number of fused-ring (bicyclic) bond motifs is 1. The van der Waals surface area contributed by atoms with Gasteiger partial charge in [-0.2, -0.15) is 4.98 Å². The minimum Gasteiger partial charge on any atom is -0.609 e. The highest BCUT2D eigenvalue weighted by Crippen LogP contribution is 2.26. The molecule has 1 radical (unpaired) electrons. The van der Waals surface area contributed by atoms with Gasteiger partial charge in [0.25, 0.3) is 0 Å². The Hall–Kier alpha value is -2.05. The van der Waals surface area contributed by atoms with Crippen LogP contribution in [-0.2, 0) is 16.9 Å². The molecule has 1 unspecified atom stereocenters. The second-order valence-corrected chi connectivity index (χ2v) is 6.39. The summed E-state index contributed by atoms with van der Waals surface area (Å²) in [5, 5.41) is 0.454. The first-order valence-electron chi connectivity index (χ1n) is 6.83. The van der Waals surface area contributed by atoms with E-state index < -0.39 is 11.2 Å². The zero-order chi connectivity index (χ0) is 15.7. The number of benzene rings is 1. The van der Waals surface area contributed by atoms with Gasteiger partial charge < -0.3 is 9.29 Å². The number of hydrogen-bond donors (Lipinski definition) is 1. The van der Waals surface area contributed by atoms with Crippen LogP contribution in [0.4, 0.5) is 0 Å². The quantitative estimate of drug-likeness (QED) is 0.751. The molecule has 1 N–H and O–H groups in total. The Bertz CT molecular complexity index is 783. The Labute approximate surface area is 131 Å². The Balaban J connectivity index is 1.89. The van der Waals surface area contributed by atoms with E-state index in [1.807, 2.05) is 19.9 Å². The second kappa shape index (κ2) is 5.98. The van der Waals surface area contributed by atoms with Crippen LogP contribution >= 0.6 is 0 Å². The van der Waals surface area contributed by atoms with Crippen molar-refractivity contribution >= 4 is 22.2 Å². The lowest BCUT2D eigenvalue weighted by Crippen LogP contribution is -2.10. The number of nitrogens with zero attached hydrogens (tertiary/aromatic N) is 2. The number of aromatic nitrogens is 3. The van der Waals surface area contributed by atoms with Gasteiger partial charge in [0.2, 0.25) is 0 Å². The number of ether oxygens (including phenoxy) is 1. The lowest BCUT2D eigenvalue weighted by molar-refractivity contribution is 0.407. The molecule has 1 aromatic carbocycles. The van der Waals surface area contributed by atoms with Crippen LogP contribution < -0.4 is 4.74 Å². The molecule has 0 aliphatic rings. The number of hydrogen-bond acceptors (Lipinski definition) is 4. The lowest BCUT2D eigenvalue weighted by atomic mass is 10.1. The van der Waals surface area contributed by atoms with Gasteiger partial charge in [0.15, 0.2) is 5.75 Å². The minimum atomic E-state index is -1.29. The largest absolute Gasteiger partial charge is 0.609 e. The predicted octanol–water partition coefficient (Wildman–Crippen LogP) is 2.69. The van der Waals surface area contributed by atoms with E-state index in [4.69, 9.17) is 4.74 Å². The summed E-state index contributed by atoms with van der Waals surface area (Å²) in [7, 11) is 1.63. The molecule has 0 spiro atoms. The molecule has 6 heteroatoms. The number of aryl methyl sites for hydroxylation is 1. The van der Waals surface area contributed by atoms with Gasteiger partial charge in [-0.25, -0.2) is 0 Å². The van der Waals surface area contributed by atoms with Crippen LogP contribution in [0.5, 0.6) is 5.75 Å². The van der Waals surface area contributed by atoms with E-state index >= 15 is 0 Å². The number of aromatic amines is 1. The van der Waals surface area contributed by atoms with Crippen molar-refractivity contribution in [3.8, 4) is 5.75 Å². The Kier molecular flexibility index (Phi) is 4.04. The van der Waals surface area contributed by atoms with E-state index in [0.717, 1.165) is 33.6 Å². The van der Waals surface area contributed by atoms with Gasteiger partial charge in [-0.15, -0.1) is 0 Å². The highest BCUT2D eigenvalue weighted by atomic mass is 32.2. The SMILES string of the molecule is COc1c(C)cnc(C[S+]([O-])c2nc3c[c]ccc3[nH]2)c1C. The molecule has 0 saturated carbocycles. The molecule has 2 heterocycles. The second-order valence-electron chi connectivity index (χ2n) is 5.02. The Morgan fingerprint density at radius 1 is 1.41 bits per heavy atom. The van der Waals surface area contributed by atoms with Gasteiger partial charge in [-0.3, -0.25) is 9.97 Å². The normalized spacial score (nSPS) is 12.5. The fourth-order valence-electron chi connectivity index (χ4n) is 2.39. The molecular weight excluding hydrogens is 298 g/mol. The zero-order valence-electron chi connectivity index (χ0n) is 12.6. The number of pyridine rings is 1. The molecule has 113 valence electrons. The summed E-state index contributed by atoms with van der Waals surface area (Å²) in [6.07, 6.45) is 1.74. The molecule has 0 bridgehead atoms. The number of nitrogens with one attached hydrogen (secondary N) is 1. The van der Waals surface area contributed by atoms with E-state index in [1.54, 1.807) is 25.4 Å². The maximum Gasteiger partial charge on any atom is 0.322 e. The molecule has 3 rings (SSSR count). The van der Waals surface area contributed by atoms with Crippen molar-refractivity contribution in [3.63, 3.8) is 0 Å². The van der Waals surface area contributed by atoms with Gasteiger partial charge in [0.05, 0.1) is 23.8 Å². The molecule has 0 fully saturated rings. The first-order chi connectivity index (χ1) is 10.6. The molecular formula is C16H16N3O2S. The summed E-state index contributed by atoms with van der Waals surface area (Å²) < 4.78 is 17.9. The van der Waals surface area contributed by atoms with Crippen molar-refractivity contribution in [2.75, 3.05) is 7.11 Å². The van der Waals surface area contributed by atoms with E-state index in [0.29, 0.717) is 10.9 Å². The lowest BCUT2D eigenvalue weighted by Gasteiger charge is -2.13. The molecule has 5 nitrogen and oxygen atoms in total. The summed E-state index contributed by atoms with van der Waals surface area (Å²) >= 11 is -1.29. The zero-order valence-corrected chi connectivity index (χ0v) is 13.5. The first-order valence-corrected chi connectivity index (χ1v) is 8.15. The topological polar surface area (TPSA) is 73.9 Å². The third-order valence-electron chi connectivity index (χ3n) is 3.54. The van der Waals surface area contributed by atoms with Crippen molar-refractivity contribution in [1.82, 2.24) is 15.0 Å². The van der Waals surface area contributed by atoms with E-state index in [1.165, 1.54) is 0 Å². The molecule has 22 heavy (non-hydrogen) atoms. The van der Waals surface area contributed by atoms with Gasteiger partial charge in [0.1, 0.15) is 5.75 Å². The van der Waals surface area contributed by atoms with Crippen LogP contribution in [0, 0.1) is 19.9 Å². The number of rotatable bonds is 4. The average molecular weight is 314 g/mol. The number of imidazole rings is 1. The molecule has 3 aromatic rings. The maximum atomic E-state index is 12.5. The fraction of sp³-hybridized carbons (Fsp3) is 0.250. The Morgan fingerprint density at radius 3 is 2.95 bits per heavy atom. The van der Waals surface area contributed by atoms with Gasteiger partial charge in [0, 0.05) is 28.5 Å². The predicted molar refractivity (Wildman–Crippen MR) is 85.3 cm³/mol. The smallest absolute Gasteiger partial charge is 0.322 e. The van der Waals surface area contributed by atoms with Crippen LogP contribution in [0.15, 0.2) is 29.6 Å². The maximum absolute atomic E-state index is 12.5. The average Bonchev–Trinajstić information content (AvgIpc) is 2.95. The summed E-state index contributed by atoms with van der Waals surface area (Å²) in [6, 6.07) is 8.38. The summed E-state index contributed by atoms with van der Waals surface area (Å²) in [6.45, 7) is 3.87. The van der Waals surface area contributed by atoms with E-state index in [2.05, 4.69) is 21.0 Å². The molecule has 0 aliphatic carbocycles. The summed E-state index contributed by atoms with van der Waals surface area (Å²) in [4.78, 5) is 11.8. The first kappa shape index (κ1) is 14.9. The highest BCUT2D eigenvalue weighted by Gasteiger charge is 2.20. The van der Waals surface area contributed by atoms with Crippen molar-refractivity contribution in [2.24, 2.45) is 0 Å². The van der Waals surface area contributed by atoms with Crippen LogP contribution in [0.1, 0.15) is 16.8 Å². The van der Waals surface area contributed by atoms with Gasteiger partial charge in [-0.05, 0) is 32.0 Å². The van der Waals surface area contributed by atoms with Crippen LogP contribution in [-0.4, -0.2) is 26.6 Å². The van der Waals surface area contributed by atoms with Crippen molar-refractivity contribution < 1.29 is 9.29 Å². The van der Waals surface area contributed by atoms with Crippen molar-refractivity contribution in [3.05, 3.63) is 47.3 Å². The summed E-state index contributed by atoms with van der Waals surface area (Å²) in [5.41, 5.74) is 4.26. The van der Waals surface area contributed by atoms with Crippen LogP contribution in [0.3, 0.4) is 0 Å². The third-order valence-corrected chi connectivity index (χ3v) is 4.70. The van der Waals surface area contributed by atoms with E-state index in [-0.39, 0.29) is 0 Å². The minimum absolute atomic E-state index is 0.298. The molecule has 0 aliphatic heterocycles. The monoisotopic (exact) mass is 314 g/mol. The van der Waals surface area contributed by atoms with E-state index in [9.17, 15) is 4.55 Å². The standard InChI is InChI=1S/C16H16N3O2S/c1-10-8-17-14(11(2)15(10)21-3)9-22(20)16-18-12-6-4-5-7-13(12)19-16/h4,6-8H,9H2,1-3H3,(H,18,19). The summed E-state index contributed by atoms with van der Waals surface area (Å²) in [5.74, 6) is 1.09.